The van der Waals surface area contributed by atoms with Crippen molar-refractivity contribution >= 4 is 0 Å². The van der Waals surface area contributed by atoms with Crippen molar-refractivity contribution in [3.63, 3.8) is 0 Å². The van der Waals surface area contributed by atoms with Crippen molar-refractivity contribution in [1.82, 2.24) is 24.7 Å². The molecule has 0 spiro atoms. The normalized spacial score (nSPS) is 10.4. The molecule has 5 heteroatoms. The Labute approximate surface area is 97.8 Å². The van der Waals surface area contributed by atoms with E-state index in [4.69, 9.17) is 0 Å². The summed E-state index contributed by atoms with van der Waals surface area (Å²) in [5.74, 6) is 0.571. The molecule has 0 unspecified atom stereocenters. The van der Waals surface area contributed by atoms with Crippen LogP contribution in [0.1, 0.15) is 0 Å². The average molecular weight is 223 g/mol. The minimum absolute atomic E-state index is 0.571. The topological polar surface area (TPSA) is 56.5 Å². The lowest BCUT2D eigenvalue weighted by molar-refractivity contribution is 0.880. The molecule has 0 radical (unpaired) electrons. The summed E-state index contributed by atoms with van der Waals surface area (Å²) in [6.45, 7) is 0. The summed E-state index contributed by atoms with van der Waals surface area (Å²) >= 11 is 0. The summed E-state index contributed by atoms with van der Waals surface area (Å²) < 4.78 is 1.71. The molecule has 0 N–H and O–H groups in total. The van der Waals surface area contributed by atoms with Crippen LogP contribution >= 0.6 is 0 Å². The van der Waals surface area contributed by atoms with Crippen molar-refractivity contribution in [2.75, 3.05) is 0 Å². The van der Waals surface area contributed by atoms with E-state index < -0.39 is 0 Å². The summed E-state index contributed by atoms with van der Waals surface area (Å²) in [6.07, 6.45) is 6.56. The first-order valence-electron chi connectivity index (χ1n) is 5.17. The molecule has 82 valence electrons. The molecule has 0 atom stereocenters. The Hall–Kier alpha value is -2.56. The van der Waals surface area contributed by atoms with Crippen LogP contribution in [-0.2, 0) is 0 Å². The Bertz CT molecular complexity index is 549. The summed E-state index contributed by atoms with van der Waals surface area (Å²) in [6, 6.07) is 9.81. The van der Waals surface area contributed by atoms with Gasteiger partial charge in [-0.25, -0.2) is 14.6 Å². The molecule has 0 bridgehead atoms. The van der Waals surface area contributed by atoms with E-state index in [9.17, 15) is 0 Å². The molecule has 3 aromatic rings. The maximum atomic E-state index is 4.35. The van der Waals surface area contributed by atoms with Gasteiger partial charge in [0.25, 0.3) is 0 Å². The van der Waals surface area contributed by atoms with Gasteiger partial charge in [0, 0.05) is 12.4 Å². The van der Waals surface area contributed by atoms with Crippen LogP contribution in [0.4, 0.5) is 0 Å². The smallest absolute Gasteiger partial charge is 0.201 e. The monoisotopic (exact) mass is 223 g/mol. The van der Waals surface area contributed by atoms with Gasteiger partial charge in [0.15, 0.2) is 0 Å². The van der Waals surface area contributed by atoms with E-state index in [2.05, 4.69) is 20.1 Å². The Balaban J connectivity index is 1.99. The highest BCUT2D eigenvalue weighted by Gasteiger charge is 2.05. The largest absolute Gasteiger partial charge is 0.261 e. The molecule has 0 saturated carbocycles. The van der Waals surface area contributed by atoms with E-state index in [0.29, 0.717) is 11.5 Å². The first-order valence-corrected chi connectivity index (χ1v) is 5.17. The molecule has 0 amide bonds. The van der Waals surface area contributed by atoms with Crippen LogP contribution in [0.15, 0.2) is 55.2 Å². The van der Waals surface area contributed by atoms with Gasteiger partial charge in [-0.05, 0) is 12.1 Å². The summed E-state index contributed by atoms with van der Waals surface area (Å²) in [4.78, 5) is 12.4. The molecule has 0 aliphatic carbocycles. The molecule has 0 saturated heterocycles. The molecule has 3 rings (SSSR count). The SMILES string of the molecule is c1ccc(-n2cnc(-c3cnccn3)n2)cc1. The highest BCUT2D eigenvalue weighted by molar-refractivity contribution is 5.46. The zero-order chi connectivity index (χ0) is 11.5. The molecule has 0 fully saturated rings. The molecule has 2 heterocycles. The Morgan fingerprint density at radius 2 is 1.82 bits per heavy atom. The Morgan fingerprint density at radius 1 is 0.941 bits per heavy atom. The summed E-state index contributed by atoms with van der Waals surface area (Å²) in [7, 11) is 0. The first-order chi connectivity index (χ1) is 8.43. The van der Waals surface area contributed by atoms with Crippen LogP contribution in [0.25, 0.3) is 17.2 Å². The second kappa shape index (κ2) is 4.13. The third kappa shape index (κ3) is 1.90. The van der Waals surface area contributed by atoms with Crippen LogP contribution in [0.3, 0.4) is 0 Å². The zero-order valence-corrected chi connectivity index (χ0v) is 8.93. The van der Waals surface area contributed by atoms with Crippen molar-refractivity contribution in [2.45, 2.75) is 0 Å². The van der Waals surface area contributed by atoms with Gasteiger partial charge in [-0.1, -0.05) is 18.2 Å². The van der Waals surface area contributed by atoms with Crippen LogP contribution in [0.5, 0.6) is 0 Å². The highest BCUT2D eigenvalue weighted by atomic mass is 15.3. The fraction of sp³-hybridized carbons (Fsp3) is 0. The van der Waals surface area contributed by atoms with Gasteiger partial charge in [-0.3, -0.25) is 4.98 Å². The van der Waals surface area contributed by atoms with Crippen molar-refractivity contribution in [1.29, 1.82) is 0 Å². The zero-order valence-electron chi connectivity index (χ0n) is 8.93. The summed E-state index contributed by atoms with van der Waals surface area (Å²) in [5.41, 5.74) is 1.64. The number of hydrogen-bond acceptors (Lipinski definition) is 4. The van der Waals surface area contributed by atoms with Gasteiger partial charge < -0.3 is 0 Å². The third-order valence-electron chi connectivity index (χ3n) is 2.30. The Kier molecular flexibility index (Phi) is 2.34. The second-order valence-electron chi connectivity index (χ2n) is 3.44. The van der Waals surface area contributed by atoms with E-state index in [-0.39, 0.29) is 0 Å². The van der Waals surface area contributed by atoms with E-state index in [1.54, 1.807) is 29.6 Å². The fourth-order valence-corrected chi connectivity index (χ4v) is 1.50. The van der Waals surface area contributed by atoms with Crippen LogP contribution in [0, 0.1) is 0 Å². The maximum absolute atomic E-state index is 4.35. The lowest BCUT2D eigenvalue weighted by atomic mass is 10.3. The molecule has 0 aliphatic rings. The van der Waals surface area contributed by atoms with Crippen LogP contribution in [0.2, 0.25) is 0 Å². The molecule has 2 aromatic heterocycles. The standard InChI is InChI=1S/C12H9N5/c1-2-4-10(5-3-1)17-9-15-12(16-17)11-8-13-6-7-14-11/h1-9H. The van der Waals surface area contributed by atoms with Gasteiger partial charge in [0.1, 0.15) is 12.0 Å². The van der Waals surface area contributed by atoms with Crippen LogP contribution in [-0.4, -0.2) is 24.7 Å². The minimum Gasteiger partial charge on any atom is -0.261 e. The van der Waals surface area contributed by atoms with Gasteiger partial charge >= 0.3 is 0 Å². The van der Waals surface area contributed by atoms with Crippen molar-refractivity contribution in [3.05, 3.63) is 55.2 Å². The number of hydrogen-bond donors (Lipinski definition) is 0. The average Bonchev–Trinajstić information content (AvgIpc) is 2.90. The van der Waals surface area contributed by atoms with E-state index in [0.717, 1.165) is 5.69 Å². The van der Waals surface area contributed by atoms with Crippen molar-refractivity contribution in [3.8, 4) is 17.2 Å². The number of aromatic nitrogens is 5. The molecule has 17 heavy (non-hydrogen) atoms. The minimum atomic E-state index is 0.571. The molecular weight excluding hydrogens is 214 g/mol. The number of benzene rings is 1. The molecule has 5 nitrogen and oxygen atoms in total. The van der Waals surface area contributed by atoms with Crippen molar-refractivity contribution < 1.29 is 0 Å². The van der Waals surface area contributed by atoms with Gasteiger partial charge in [-0.2, -0.15) is 0 Å². The van der Waals surface area contributed by atoms with E-state index in [1.165, 1.54) is 0 Å². The second-order valence-corrected chi connectivity index (χ2v) is 3.44. The third-order valence-corrected chi connectivity index (χ3v) is 2.30. The molecular formula is C12H9N5. The predicted octanol–water partition coefficient (Wildman–Crippen LogP) is 1.72. The Morgan fingerprint density at radius 3 is 2.59 bits per heavy atom. The quantitative estimate of drug-likeness (QED) is 0.663. The van der Waals surface area contributed by atoms with Gasteiger partial charge in [0.05, 0.1) is 11.9 Å². The number of nitrogens with zero attached hydrogens (tertiary/aromatic N) is 5. The predicted molar refractivity (Wildman–Crippen MR) is 62.4 cm³/mol. The van der Waals surface area contributed by atoms with Gasteiger partial charge in [-0.15, -0.1) is 5.10 Å². The first kappa shape index (κ1) is 9.65. The lowest BCUT2D eigenvalue weighted by Gasteiger charge is -1.97. The molecule has 0 aliphatic heterocycles. The fourth-order valence-electron chi connectivity index (χ4n) is 1.50. The van der Waals surface area contributed by atoms with E-state index in [1.807, 2.05) is 30.3 Å². The highest BCUT2D eigenvalue weighted by Crippen LogP contribution is 2.11. The van der Waals surface area contributed by atoms with E-state index >= 15 is 0 Å². The number of para-hydroxylation sites is 1. The lowest BCUT2D eigenvalue weighted by Crippen LogP contribution is -1.94. The maximum Gasteiger partial charge on any atom is 0.201 e. The van der Waals surface area contributed by atoms with Crippen LogP contribution < -0.4 is 0 Å². The van der Waals surface area contributed by atoms with Gasteiger partial charge in [0.2, 0.25) is 5.82 Å². The molecule has 1 aromatic carbocycles. The number of rotatable bonds is 2. The van der Waals surface area contributed by atoms with Crippen molar-refractivity contribution in [2.24, 2.45) is 0 Å². The summed E-state index contributed by atoms with van der Waals surface area (Å²) in [5, 5.41) is 4.35.